The van der Waals surface area contributed by atoms with Gasteiger partial charge in [-0.25, -0.2) is 4.98 Å². The van der Waals surface area contributed by atoms with Gasteiger partial charge in [-0.2, -0.15) is 0 Å². The van der Waals surface area contributed by atoms with Crippen LogP contribution < -0.4 is 5.73 Å². The van der Waals surface area contributed by atoms with Gasteiger partial charge in [0, 0.05) is 19.8 Å². The third-order valence-corrected chi connectivity index (χ3v) is 2.06. The van der Waals surface area contributed by atoms with Crippen LogP contribution >= 0.6 is 0 Å². The maximum Gasteiger partial charge on any atom is 0.0952 e. The molecule has 0 aliphatic rings. The van der Waals surface area contributed by atoms with E-state index in [1.54, 1.807) is 6.33 Å². The molecule has 4 nitrogen and oxygen atoms in total. The van der Waals surface area contributed by atoms with E-state index in [4.69, 9.17) is 5.73 Å². The van der Waals surface area contributed by atoms with E-state index in [1.807, 2.05) is 29.9 Å². The summed E-state index contributed by atoms with van der Waals surface area (Å²) in [4.78, 5) is 7.35. The van der Waals surface area contributed by atoms with Crippen LogP contribution in [0.2, 0.25) is 0 Å². The number of aryl methyl sites for hydroxylation is 1. The maximum absolute atomic E-state index is 5.58. The Morgan fingerprint density at radius 2 is 2.46 bits per heavy atom. The number of aromatic amines is 1. The van der Waals surface area contributed by atoms with Crippen LogP contribution in [-0.2, 0) is 13.6 Å². The van der Waals surface area contributed by atoms with E-state index < -0.39 is 0 Å². The molecule has 0 radical (unpaired) electrons. The van der Waals surface area contributed by atoms with Crippen molar-refractivity contribution >= 4 is 0 Å². The molecule has 2 heterocycles. The van der Waals surface area contributed by atoms with Crippen LogP contribution in [0.3, 0.4) is 0 Å². The zero-order valence-corrected chi connectivity index (χ0v) is 7.49. The summed E-state index contributed by atoms with van der Waals surface area (Å²) in [5.41, 5.74) is 8.62. The highest BCUT2D eigenvalue weighted by atomic mass is 15.0. The van der Waals surface area contributed by atoms with Gasteiger partial charge in [0.2, 0.25) is 0 Å². The lowest BCUT2D eigenvalue weighted by molar-refractivity contribution is 0.916. The predicted molar refractivity (Wildman–Crippen MR) is 50.9 cm³/mol. The van der Waals surface area contributed by atoms with E-state index >= 15 is 0 Å². The van der Waals surface area contributed by atoms with Gasteiger partial charge in [0.05, 0.1) is 23.4 Å². The molecule has 0 aliphatic heterocycles. The minimum Gasteiger partial charge on any atom is -0.360 e. The van der Waals surface area contributed by atoms with Gasteiger partial charge < -0.3 is 15.3 Å². The molecule has 0 aromatic carbocycles. The number of nitrogens with zero attached hydrogens (tertiary/aromatic N) is 2. The van der Waals surface area contributed by atoms with Gasteiger partial charge in [-0.15, -0.1) is 0 Å². The van der Waals surface area contributed by atoms with E-state index in [0.717, 1.165) is 17.1 Å². The molecule has 2 rings (SSSR count). The second-order valence-corrected chi connectivity index (χ2v) is 2.94. The monoisotopic (exact) mass is 176 g/mol. The van der Waals surface area contributed by atoms with E-state index in [1.165, 1.54) is 0 Å². The highest BCUT2D eigenvalue weighted by Gasteiger charge is 2.09. The zero-order chi connectivity index (χ0) is 9.26. The molecular formula is C9H12N4. The fourth-order valence-corrected chi connectivity index (χ4v) is 1.45. The molecule has 0 aliphatic carbocycles. The Morgan fingerprint density at radius 1 is 1.62 bits per heavy atom. The number of hydrogen-bond acceptors (Lipinski definition) is 2. The topological polar surface area (TPSA) is 59.6 Å². The smallest absolute Gasteiger partial charge is 0.0952 e. The Balaban J connectivity index is 2.55. The Hall–Kier alpha value is -1.55. The van der Waals surface area contributed by atoms with Crippen LogP contribution in [0.5, 0.6) is 0 Å². The number of H-pyrrole nitrogens is 1. The Kier molecular flexibility index (Phi) is 1.90. The first-order valence-electron chi connectivity index (χ1n) is 4.17. The lowest BCUT2D eigenvalue weighted by Gasteiger charge is -2.01. The first kappa shape index (κ1) is 8.07. The van der Waals surface area contributed by atoms with Gasteiger partial charge in [-0.05, 0) is 12.1 Å². The maximum atomic E-state index is 5.58. The van der Waals surface area contributed by atoms with Crippen molar-refractivity contribution in [3.05, 3.63) is 30.4 Å². The van der Waals surface area contributed by atoms with Crippen LogP contribution in [0.15, 0.2) is 24.7 Å². The van der Waals surface area contributed by atoms with Crippen molar-refractivity contribution in [2.24, 2.45) is 12.8 Å². The molecule has 0 bridgehead atoms. The normalized spacial score (nSPS) is 10.6. The SMILES string of the molecule is Cn1cnc(CN)c1-c1ccc[nH]1. The van der Waals surface area contributed by atoms with Crippen LogP contribution in [0, 0.1) is 0 Å². The summed E-state index contributed by atoms with van der Waals surface area (Å²) in [7, 11) is 1.96. The number of aromatic nitrogens is 3. The van der Waals surface area contributed by atoms with Gasteiger partial charge >= 0.3 is 0 Å². The Labute approximate surface area is 76.4 Å². The molecule has 0 spiro atoms. The van der Waals surface area contributed by atoms with E-state index in [9.17, 15) is 0 Å². The summed E-state index contributed by atoms with van der Waals surface area (Å²) in [6.07, 6.45) is 3.67. The molecule has 0 fully saturated rings. The molecule has 0 saturated heterocycles. The molecule has 3 N–H and O–H groups in total. The Bertz CT molecular complexity index is 386. The minimum atomic E-state index is 0.467. The second kappa shape index (κ2) is 3.06. The predicted octanol–water partition coefficient (Wildman–Crippen LogP) is 0.874. The van der Waals surface area contributed by atoms with E-state index in [2.05, 4.69) is 9.97 Å². The van der Waals surface area contributed by atoms with Crippen molar-refractivity contribution in [2.45, 2.75) is 6.54 Å². The van der Waals surface area contributed by atoms with Crippen molar-refractivity contribution < 1.29 is 0 Å². The van der Waals surface area contributed by atoms with Gasteiger partial charge in [0.1, 0.15) is 0 Å². The van der Waals surface area contributed by atoms with Gasteiger partial charge in [0.15, 0.2) is 0 Å². The minimum absolute atomic E-state index is 0.467. The van der Waals surface area contributed by atoms with Crippen LogP contribution in [0.4, 0.5) is 0 Å². The molecule has 0 unspecified atom stereocenters. The third kappa shape index (κ3) is 1.25. The number of hydrogen-bond donors (Lipinski definition) is 2. The average molecular weight is 176 g/mol. The molecule has 0 atom stereocenters. The zero-order valence-electron chi connectivity index (χ0n) is 7.49. The van der Waals surface area contributed by atoms with Crippen molar-refractivity contribution in [3.8, 4) is 11.4 Å². The first-order chi connectivity index (χ1) is 6.33. The summed E-state index contributed by atoms with van der Waals surface area (Å²) in [5, 5.41) is 0. The largest absolute Gasteiger partial charge is 0.360 e. The van der Waals surface area contributed by atoms with Crippen molar-refractivity contribution in [2.75, 3.05) is 0 Å². The molecule has 4 heteroatoms. The lowest BCUT2D eigenvalue weighted by Crippen LogP contribution is -2.00. The van der Waals surface area contributed by atoms with Crippen molar-refractivity contribution in [3.63, 3.8) is 0 Å². The fraction of sp³-hybridized carbons (Fsp3) is 0.222. The van der Waals surface area contributed by atoms with Crippen molar-refractivity contribution in [1.29, 1.82) is 0 Å². The molecule has 0 saturated carbocycles. The standard InChI is InChI=1S/C9H12N4/c1-13-6-12-8(5-10)9(13)7-3-2-4-11-7/h2-4,6,11H,5,10H2,1H3. The summed E-state index contributed by atoms with van der Waals surface area (Å²) in [6.45, 7) is 0.467. The van der Waals surface area contributed by atoms with Crippen LogP contribution in [0.1, 0.15) is 5.69 Å². The lowest BCUT2D eigenvalue weighted by atomic mass is 10.2. The van der Waals surface area contributed by atoms with E-state index in [0.29, 0.717) is 6.54 Å². The quantitative estimate of drug-likeness (QED) is 0.713. The third-order valence-electron chi connectivity index (χ3n) is 2.06. The van der Waals surface area contributed by atoms with E-state index in [-0.39, 0.29) is 0 Å². The summed E-state index contributed by atoms with van der Waals surface area (Å²) >= 11 is 0. The van der Waals surface area contributed by atoms with Crippen molar-refractivity contribution in [1.82, 2.24) is 14.5 Å². The van der Waals surface area contributed by atoms with Gasteiger partial charge in [-0.1, -0.05) is 0 Å². The first-order valence-corrected chi connectivity index (χ1v) is 4.17. The highest BCUT2D eigenvalue weighted by Crippen LogP contribution is 2.19. The average Bonchev–Trinajstić information content (AvgIpc) is 2.72. The Morgan fingerprint density at radius 3 is 3.08 bits per heavy atom. The summed E-state index contributed by atoms with van der Waals surface area (Å²) < 4.78 is 1.97. The fourth-order valence-electron chi connectivity index (χ4n) is 1.45. The molecule has 13 heavy (non-hydrogen) atoms. The molecule has 68 valence electrons. The summed E-state index contributed by atoms with van der Waals surface area (Å²) in [5.74, 6) is 0. The summed E-state index contributed by atoms with van der Waals surface area (Å²) in [6, 6.07) is 3.97. The van der Waals surface area contributed by atoms with Gasteiger partial charge in [-0.3, -0.25) is 0 Å². The molecule has 2 aromatic rings. The van der Waals surface area contributed by atoms with Gasteiger partial charge in [0.25, 0.3) is 0 Å². The molecular weight excluding hydrogens is 164 g/mol. The molecule has 0 amide bonds. The van der Waals surface area contributed by atoms with Crippen LogP contribution in [0.25, 0.3) is 11.4 Å². The number of rotatable bonds is 2. The number of imidazole rings is 1. The van der Waals surface area contributed by atoms with Crippen LogP contribution in [-0.4, -0.2) is 14.5 Å². The molecule has 2 aromatic heterocycles. The second-order valence-electron chi connectivity index (χ2n) is 2.94. The number of nitrogens with one attached hydrogen (secondary N) is 1. The number of nitrogens with two attached hydrogens (primary N) is 1. The highest BCUT2D eigenvalue weighted by molar-refractivity contribution is 5.58.